The molecule has 6 nitrogen and oxygen atoms in total. The van der Waals surface area contributed by atoms with E-state index in [9.17, 15) is 13.2 Å². The molecule has 1 fully saturated rings. The lowest BCUT2D eigenvalue weighted by Crippen LogP contribution is -2.35. The Morgan fingerprint density at radius 3 is 2.37 bits per heavy atom. The van der Waals surface area contributed by atoms with Crippen molar-refractivity contribution in [1.82, 2.24) is 4.31 Å². The fourth-order valence-corrected chi connectivity index (χ4v) is 4.66. The van der Waals surface area contributed by atoms with E-state index >= 15 is 0 Å². The molecule has 0 unspecified atom stereocenters. The number of hydrogen-bond donors (Lipinski definition) is 2. The molecular formula is C19H22ClN3O3S. The summed E-state index contributed by atoms with van der Waals surface area (Å²) in [5, 5.41) is 6.27. The predicted molar refractivity (Wildman–Crippen MR) is 108 cm³/mol. The summed E-state index contributed by atoms with van der Waals surface area (Å²) in [6.45, 7) is 1.21. The minimum absolute atomic E-state index is 0.0603. The van der Waals surface area contributed by atoms with Crippen LogP contribution in [0.5, 0.6) is 0 Å². The molecule has 144 valence electrons. The lowest BCUT2D eigenvalue weighted by atomic mass is 10.2. The SMILES string of the molecule is O=C(CNc1ccc(S(=O)(=O)N2CCCCC2)cc1)Nc1cccc(Cl)c1. The molecule has 1 amide bonds. The summed E-state index contributed by atoms with van der Waals surface area (Å²) in [5.41, 5.74) is 1.30. The number of carbonyl (C=O) groups is 1. The molecule has 0 aromatic heterocycles. The molecule has 0 aliphatic carbocycles. The van der Waals surface area contributed by atoms with E-state index in [-0.39, 0.29) is 17.3 Å². The van der Waals surface area contributed by atoms with Crippen LogP contribution in [0.3, 0.4) is 0 Å². The number of amides is 1. The summed E-state index contributed by atoms with van der Waals surface area (Å²) in [5.74, 6) is -0.220. The van der Waals surface area contributed by atoms with Crippen LogP contribution in [0.4, 0.5) is 11.4 Å². The van der Waals surface area contributed by atoms with Crippen LogP contribution in [-0.4, -0.2) is 38.3 Å². The van der Waals surface area contributed by atoms with Gasteiger partial charge >= 0.3 is 0 Å². The van der Waals surface area contributed by atoms with Crippen molar-refractivity contribution in [3.8, 4) is 0 Å². The number of rotatable bonds is 6. The standard InChI is InChI=1S/C19H22ClN3O3S/c20-15-5-4-6-17(13-15)22-19(24)14-21-16-7-9-18(10-8-16)27(25,26)23-11-2-1-3-12-23/h4-10,13,21H,1-3,11-12,14H2,(H,22,24). The van der Waals surface area contributed by atoms with Crippen LogP contribution >= 0.6 is 11.6 Å². The first kappa shape index (κ1) is 19.7. The summed E-state index contributed by atoms with van der Waals surface area (Å²) in [4.78, 5) is 12.3. The third-order valence-corrected chi connectivity index (χ3v) is 6.52. The molecule has 3 rings (SSSR count). The number of anilines is 2. The van der Waals surface area contributed by atoms with Crippen LogP contribution in [0.25, 0.3) is 0 Å². The van der Waals surface area contributed by atoms with E-state index in [4.69, 9.17) is 11.6 Å². The van der Waals surface area contributed by atoms with Gasteiger partial charge in [-0.1, -0.05) is 24.1 Å². The average Bonchev–Trinajstić information content (AvgIpc) is 2.67. The topological polar surface area (TPSA) is 78.5 Å². The van der Waals surface area contributed by atoms with Crippen molar-refractivity contribution in [3.63, 3.8) is 0 Å². The maximum Gasteiger partial charge on any atom is 0.243 e. The number of halogens is 1. The molecule has 2 N–H and O–H groups in total. The molecule has 27 heavy (non-hydrogen) atoms. The van der Waals surface area contributed by atoms with Gasteiger partial charge in [0.05, 0.1) is 11.4 Å². The molecule has 1 aliphatic heterocycles. The second kappa shape index (κ2) is 8.73. The summed E-state index contributed by atoms with van der Waals surface area (Å²) in [6, 6.07) is 13.4. The Hall–Kier alpha value is -2.09. The Morgan fingerprint density at radius 2 is 1.70 bits per heavy atom. The molecule has 1 saturated heterocycles. The summed E-state index contributed by atoms with van der Waals surface area (Å²) >= 11 is 5.89. The lowest BCUT2D eigenvalue weighted by molar-refractivity contribution is -0.114. The Balaban J connectivity index is 1.56. The fourth-order valence-electron chi connectivity index (χ4n) is 2.95. The molecule has 0 spiro atoms. The van der Waals surface area contributed by atoms with Gasteiger partial charge in [0.1, 0.15) is 0 Å². The van der Waals surface area contributed by atoms with E-state index in [1.54, 1.807) is 48.5 Å². The van der Waals surface area contributed by atoms with Gasteiger partial charge in [-0.2, -0.15) is 4.31 Å². The first-order chi connectivity index (χ1) is 12.9. The van der Waals surface area contributed by atoms with Gasteiger partial charge in [0.15, 0.2) is 0 Å². The van der Waals surface area contributed by atoms with Crippen molar-refractivity contribution in [1.29, 1.82) is 0 Å². The smallest absolute Gasteiger partial charge is 0.243 e. The minimum Gasteiger partial charge on any atom is -0.376 e. The van der Waals surface area contributed by atoms with Crippen LogP contribution < -0.4 is 10.6 Å². The molecule has 1 heterocycles. The van der Waals surface area contributed by atoms with Crippen molar-refractivity contribution in [2.75, 3.05) is 30.3 Å². The van der Waals surface area contributed by atoms with Crippen LogP contribution in [0, 0.1) is 0 Å². The van der Waals surface area contributed by atoms with Gasteiger partial charge in [-0.15, -0.1) is 0 Å². The highest BCUT2D eigenvalue weighted by Crippen LogP contribution is 2.22. The summed E-state index contributed by atoms with van der Waals surface area (Å²) in [6.07, 6.45) is 2.88. The van der Waals surface area contributed by atoms with Gasteiger partial charge in [0.2, 0.25) is 15.9 Å². The minimum atomic E-state index is -3.44. The van der Waals surface area contributed by atoms with Crippen molar-refractivity contribution in [3.05, 3.63) is 53.6 Å². The van der Waals surface area contributed by atoms with Crippen LogP contribution in [0.1, 0.15) is 19.3 Å². The number of piperidine rings is 1. The quantitative estimate of drug-likeness (QED) is 0.767. The number of nitrogens with one attached hydrogen (secondary N) is 2. The first-order valence-corrected chi connectivity index (χ1v) is 10.7. The predicted octanol–water partition coefficient (Wildman–Crippen LogP) is 3.57. The number of hydrogen-bond acceptors (Lipinski definition) is 4. The summed E-state index contributed by atoms with van der Waals surface area (Å²) in [7, 11) is -3.44. The highest BCUT2D eigenvalue weighted by Gasteiger charge is 2.25. The van der Waals surface area contributed by atoms with Gasteiger partial charge in [0, 0.05) is 29.5 Å². The van der Waals surface area contributed by atoms with Crippen molar-refractivity contribution < 1.29 is 13.2 Å². The van der Waals surface area contributed by atoms with Crippen LogP contribution in [0.15, 0.2) is 53.4 Å². The molecule has 1 aliphatic rings. The van der Waals surface area contributed by atoms with Crippen LogP contribution in [-0.2, 0) is 14.8 Å². The molecule has 2 aromatic carbocycles. The molecule has 2 aromatic rings. The Morgan fingerprint density at radius 1 is 1.00 bits per heavy atom. The molecular weight excluding hydrogens is 386 g/mol. The van der Waals surface area contributed by atoms with E-state index in [0.717, 1.165) is 19.3 Å². The van der Waals surface area contributed by atoms with E-state index in [1.165, 1.54) is 4.31 Å². The Kier molecular flexibility index (Phi) is 6.36. The Labute approximate surface area is 164 Å². The van der Waals surface area contributed by atoms with Gasteiger partial charge in [-0.25, -0.2) is 8.42 Å². The molecule has 0 bridgehead atoms. The Bertz CT molecular complexity index is 895. The van der Waals surface area contributed by atoms with Gasteiger partial charge in [-0.3, -0.25) is 4.79 Å². The largest absolute Gasteiger partial charge is 0.376 e. The van der Waals surface area contributed by atoms with E-state index in [1.807, 2.05) is 0 Å². The number of nitrogens with zero attached hydrogens (tertiary/aromatic N) is 1. The third-order valence-electron chi connectivity index (χ3n) is 4.37. The van der Waals surface area contributed by atoms with Gasteiger partial charge in [0.25, 0.3) is 0 Å². The highest BCUT2D eigenvalue weighted by molar-refractivity contribution is 7.89. The third kappa shape index (κ3) is 5.22. The molecule has 0 saturated carbocycles. The van der Waals surface area contributed by atoms with Crippen molar-refractivity contribution >= 4 is 38.9 Å². The number of sulfonamides is 1. The van der Waals surface area contributed by atoms with Crippen molar-refractivity contribution in [2.45, 2.75) is 24.2 Å². The zero-order valence-electron chi connectivity index (χ0n) is 14.8. The van der Waals surface area contributed by atoms with Crippen LogP contribution in [0.2, 0.25) is 5.02 Å². The maximum absolute atomic E-state index is 12.6. The molecule has 0 atom stereocenters. The molecule has 0 radical (unpaired) electrons. The second-order valence-corrected chi connectivity index (χ2v) is 8.78. The van der Waals surface area contributed by atoms with Gasteiger partial charge < -0.3 is 10.6 Å². The van der Waals surface area contributed by atoms with Crippen molar-refractivity contribution in [2.24, 2.45) is 0 Å². The normalized spacial score (nSPS) is 15.3. The highest BCUT2D eigenvalue weighted by atomic mass is 35.5. The van der Waals surface area contributed by atoms with Gasteiger partial charge in [-0.05, 0) is 55.3 Å². The number of carbonyl (C=O) groups excluding carboxylic acids is 1. The molecule has 8 heteroatoms. The van der Waals surface area contributed by atoms with E-state index in [2.05, 4.69) is 10.6 Å². The average molecular weight is 408 g/mol. The lowest BCUT2D eigenvalue weighted by Gasteiger charge is -2.25. The first-order valence-electron chi connectivity index (χ1n) is 8.85. The zero-order chi connectivity index (χ0) is 19.3. The van der Waals surface area contributed by atoms with E-state index in [0.29, 0.717) is 29.5 Å². The maximum atomic E-state index is 12.6. The number of benzene rings is 2. The summed E-state index contributed by atoms with van der Waals surface area (Å²) < 4.78 is 26.8. The fraction of sp³-hybridized carbons (Fsp3) is 0.316. The monoisotopic (exact) mass is 407 g/mol. The zero-order valence-corrected chi connectivity index (χ0v) is 16.4. The van der Waals surface area contributed by atoms with E-state index < -0.39 is 10.0 Å². The second-order valence-electron chi connectivity index (χ2n) is 6.40.